The first kappa shape index (κ1) is 19.2. The van der Waals surface area contributed by atoms with Crippen LogP contribution in [0.1, 0.15) is 12.1 Å². The molecule has 0 saturated carbocycles. The molecule has 0 amide bonds. The van der Waals surface area contributed by atoms with E-state index in [1.807, 2.05) is 37.0 Å². The van der Waals surface area contributed by atoms with Gasteiger partial charge < -0.3 is 19.1 Å². The Morgan fingerprint density at radius 2 is 1.90 bits per heavy atom. The largest absolute Gasteiger partial charge is 0.434 e. The van der Waals surface area contributed by atoms with Crippen LogP contribution >= 0.6 is 0 Å². The number of anilines is 3. The number of alkyl halides is 3. The Labute approximate surface area is 165 Å². The Morgan fingerprint density at radius 3 is 2.62 bits per heavy atom. The average Bonchev–Trinajstić information content (AvgIpc) is 3.34. The van der Waals surface area contributed by atoms with Gasteiger partial charge in [0.15, 0.2) is 17.2 Å². The zero-order valence-corrected chi connectivity index (χ0v) is 16.3. The highest BCUT2D eigenvalue weighted by molar-refractivity contribution is 5.65. The summed E-state index contributed by atoms with van der Waals surface area (Å²) >= 11 is 0. The lowest BCUT2D eigenvalue weighted by Crippen LogP contribution is -2.35. The standard InChI is InChI=1S/C18H21F3N8/c1-26(2)17-23-6-4-14(25-17)27(3)12-5-8-28(10-12)15-16-24-13(18(19,20)21)11-29(16)9-7-22-15/h4,6-7,9,11-12H,5,8,10H2,1-3H3. The molecular formula is C18H21F3N8. The summed E-state index contributed by atoms with van der Waals surface area (Å²) in [5, 5.41) is 0. The maximum atomic E-state index is 13.0. The highest BCUT2D eigenvalue weighted by Crippen LogP contribution is 2.31. The predicted molar refractivity (Wildman–Crippen MR) is 103 cm³/mol. The van der Waals surface area contributed by atoms with E-state index >= 15 is 0 Å². The molecule has 11 heteroatoms. The van der Waals surface area contributed by atoms with Gasteiger partial charge in [0.1, 0.15) is 5.82 Å². The van der Waals surface area contributed by atoms with Crippen molar-refractivity contribution in [3.63, 3.8) is 0 Å². The number of hydrogen-bond acceptors (Lipinski definition) is 7. The van der Waals surface area contributed by atoms with E-state index in [-0.39, 0.29) is 11.7 Å². The highest BCUT2D eigenvalue weighted by Gasteiger charge is 2.35. The van der Waals surface area contributed by atoms with Crippen molar-refractivity contribution in [2.75, 3.05) is 48.9 Å². The fraction of sp³-hybridized carbons (Fsp3) is 0.444. The van der Waals surface area contributed by atoms with E-state index in [0.717, 1.165) is 18.4 Å². The molecule has 0 spiro atoms. The van der Waals surface area contributed by atoms with Crippen molar-refractivity contribution in [1.82, 2.24) is 24.3 Å². The lowest BCUT2D eigenvalue weighted by atomic mass is 10.2. The molecule has 154 valence electrons. The van der Waals surface area contributed by atoms with Gasteiger partial charge in [-0.05, 0) is 12.5 Å². The third-order valence-corrected chi connectivity index (χ3v) is 5.05. The van der Waals surface area contributed by atoms with Gasteiger partial charge in [-0.1, -0.05) is 0 Å². The molecule has 0 radical (unpaired) electrons. The summed E-state index contributed by atoms with van der Waals surface area (Å²) in [5.74, 6) is 1.87. The average molecular weight is 406 g/mol. The van der Waals surface area contributed by atoms with E-state index in [2.05, 4.69) is 24.8 Å². The van der Waals surface area contributed by atoms with Crippen molar-refractivity contribution in [2.24, 2.45) is 0 Å². The lowest BCUT2D eigenvalue weighted by molar-refractivity contribution is -0.140. The van der Waals surface area contributed by atoms with E-state index in [9.17, 15) is 13.2 Å². The molecule has 4 rings (SSSR count). The van der Waals surface area contributed by atoms with Crippen molar-refractivity contribution < 1.29 is 13.2 Å². The summed E-state index contributed by atoms with van der Waals surface area (Å²) in [7, 11) is 5.71. The van der Waals surface area contributed by atoms with Crippen LogP contribution in [-0.4, -0.2) is 64.6 Å². The molecule has 3 aromatic rings. The normalized spacial score (nSPS) is 17.2. The fourth-order valence-electron chi connectivity index (χ4n) is 3.45. The minimum Gasteiger partial charge on any atom is -0.355 e. The summed E-state index contributed by atoms with van der Waals surface area (Å²) in [5.41, 5.74) is -0.711. The van der Waals surface area contributed by atoms with E-state index in [0.29, 0.717) is 24.9 Å². The summed E-state index contributed by atoms with van der Waals surface area (Å²) in [6.07, 6.45) is 2.01. The Balaban J connectivity index is 1.57. The lowest BCUT2D eigenvalue weighted by Gasteiger charge is -2.26. The molecule has 29 heavy (non-hydrogen) atoms. The topological polar surface area (TPSA) is 65.7 Å². The first-order valence-corrected chi connectivity index (χ1v) is 9.13. The van der Waals surface area contributed by atoms with Gasteiger partial charge in [0.05, 0.1) is 0 Å². The molecule has 0 aromatic carbocycles. The number of hydrogen-bond donors (Lipinski definition) is 0. The van der Waals surface area contributed by atoms with Gasteiger partial charge in [0.2, 0.25) is 5.95 Å². The predicted octanol–water partition coefficient (Wildman–Crippen LogP) is 2.32. The van der Waals surface area contributed by atoms with Gasteiger partial charge in [-0.15, -0.1) is 0 Å². The van der Waals surface area contributed by atoms with Crippen molar-refractivity contribution in [3.05, 3.63) is 36.5 Å². The number of fused-ring (bicyclic) bond motifs is 1. The number of rotatable bonds is 4. The van der Waals surface area contributed by atoms with Crippen LogP contribution in [0, 0.1) is 0 Å². The van der Waals surface area contributed by atoms with Gasteiger partial charge in [-0.25, -0.2) is 15.0 Å². The maximum absolute atomic E-state index is 13.0. The minimum atomic E-state index is -4.49. The van der Waals surface area contributed by atoms with Gasteiger partial charge >= 0.3 is 6.18 Å². The second kappa shape index (κ2) is 7.05. The molecule has 1 unspecified atom stereocenters. The molecule has 1 aliphatic rings. The highest BCUT2D eigenvalue weighted by atomic mass is 19.4. The second-order valence-corrected chi connectivity index (χ2v) is 7.21. The van der Waals surface area contributed by atoms with Gasteiger partial charge in [0.25, 0.3) is 0 Å². The van der Waals surface area contributed by atoms with Crippen molar-refractivity contribution in [2.45, 2.75) is 18.6 Å². The third-order valence-electron chi connectivity index (χ3n) is 5.05. The Hall–Kier alpha value is -3.11. The molecule has 0 bridgehead atoms. The molecule has 3 aromatic heterocycles. The van der Waals surface area contributed by atoms with Crippen LogP contribution in [0.15, 0.2) is 30.9 Å². The molecule has 8 nitrogen and oxygen atoms in total. The molecule has 4 heterocycles. The molecule has 1 aliphatic heterocycles. The first-order valence-electron chi connectivity index (χ1n) is 9.13. The maximum Gasteiger partial charge on any atom is 0.434 e. The Morgan fingerprint density at radius 1 is 1.10 bits per heavy atom. The number of aromatic nitrogens is 5. The van der Waals surface area contributed by atoms with Crippen LogP contribution in [0.25, 0.3) is 5.65 Å². The number of likely N-dealkylation sites (N-methyl/N-ethyl adjacent to an activating group) is 1. The van der Waals surface area contributed by atoms with Crippen LogP contribution in [0.3, 0.4) is 0 Å². The number of imidazole rings is 1. The SMILES string of the molecule is CN(C)c1nccc(N(C)C2CCN(c3nccn4cc(C(F)(F)F)nc34)C2)n1. The Bertz CT molecular complexity index is 1020. The van der Waals surface area contributed by atoms with Gasteiger partial charge in [-0.3, -0.25) is 0 Å². The number of halogens is 3. The summed E-state index contributed by atoms with van der Waals surface area (Å²) < 4.78 is 40.5. The molecule has 1 atom stereocenters. The number of nitrogens with zero attached hydrogens (tertiary/aromatic N) is 8. The van der Waals surface area contributed by atoms with Crippen LogP contribution in [0.5, 0.6) is 0 Å². The molecular weight excluding hydrogens is 385 g/mol. The summed E-state index contributed by atoms with van der Waals surface area (Å²) in [6.45, 7) is 1.28. The second-order valence-electron chi connectivity index (χ2n) is 7.21. The van der Waals surface area contributed by atoms with Gasteiger partial charge in [-0.2, -0.15) is 18.2 Å². The molecule has 0 aliphatic carbocycles. The van der Waals surface area contributed by atoms with Crippen molar-refractivity contribution in [1.29, 1.82) is 0 Å². The Kier molecular flexibility index (Phi) is 4.67. The zero-order chi connectivity index (χ0) is 20.8. The molecule has 1 fully saturated rings. The van der Waals surface area contributed by atoms with E-state index in [1.165, 1.54) is 16.8 Å². The third kappa shape index (κ3) is 3.64. The quantitative estimate of drug-likeness (QED) is 0.659. The van der Waals surface area contributed by atoms with Crippen LogP contribution < -0.4 is 14.7 Å². The van der Waals surface area contributed by atoms with Crippen molar-refractivity contribution in [3.8, 4) is 0 Å². The minimum absolute atomic E-state index is 0.138. The van der Waals surface area contributed by atoms with E-state index < -0.39 is 11.9 Å². The summed E-state index contributed by atoms with van der Waals surface area (Å²) in [4.78, 5) is 22.8. The van der Waals surface area contributed by atoms with Crippen LogP contribution in [0.4, 0.5) is 30.8 Å². The van der Waals surface area contributed by atoms with Crippen LogP contribution in [-0.2, 0) is 6.18 Å². The molecule has 1 saturated heterocycles. The monoisotopic (exact) mass is 406 g/mol. The molecule has 0 N–H and O–H groups in total. The first-order chi connectivity index (χ1) is 13.7. The van der Waals surface area contributed by atoms with E-state index in [4.69, 9.17) is 0 Å². The smallest absolute Gasteiger partial charge is 0.355 e. The zero-order valence-electron chi connectivity index (χ0n) is 16.3. The van der Waals surface area contributed by atoms with E-state index in [1.54, 1.807) is 6.20 Å². The van der Waals surface area contributed by atoms with Gasteiger partial charge in [0, 0.05) is 65.1 Å². The fourth-order valence-corrected chi connectivity index (χ4v) is 3.45. The van der Waals surface area contributed by atoms with Crippen LogP contribution in [0.2, 0.25) is 0 Å². The summed E-state index contributed by atoms with van der Waals surface area (Å²) in [6, 6.07) is 1.98. The van der Waals surface area contributed by atoms with Crippen molar-refractivity contribution >= 4 is 23.2 Å².